The summed E-state index contributed by atoms with van der Waals surface area (Å²) in [6.07, 6.45) is 6.00. The number of piperazine rings is 1. The van der Waals surface area contributed by atoms with Gasteiger partial charge in [-0.25, -0.2) is 4.68 Å². The molecule has 2 aliphatic heterocycles. The number of likely N-dealkylation sites (N-methyl/N-ethyl adjacent to an activating group) is 1. The third kappa shape index (κ3) is 5.74. The van der Waals surface area contributed by atoms with Crippen molar-refractivity contribution in [3.05, 3.63) is 78.1 Å². The molecule has 2 saturated heterocycles. The molecule has 0 aliphatic carbocycles. The summed E-state index contributed by atoms with van der Waals surface area (Å²) < 4.78 is 1.90. The van der Waals surface area contributed by atoms with Crippen molar-refractivity contribution in [2.75, 3.05) is 50.7 Å². The number of nitrogens with zero attached hydrogens (tertiary/aromatic N) is 5. The molecule has 0 saturated carbocycles. The van der Waals surface area contributed by atoms with Crippen LogP contribution in [0.3, 0.4) is 0 Å². The van der Waals surface area contributed by atoms with Gasteiger partial charge in [0.1, 0.15) is 0 Å². The predicted octanol–water partition coefficient (Wildman–Crippen LogP) is 3.41. The lowest BCUT2D eigenvalue weighted by Crippen LogP contribution is -2.48. The molecule has 0 radical (unpaired) electrons. The molecule has 2 fully saturated rings. The van der Waals surface area contributed by atoms with E-state index in [1.165, 1.54) is 11.3 Å². The summed E-state index contributed by atoms with van der Waals surface area (Å²) in [5, 5.41) is 8.07. The Morgan fingerprint density at radius 3 is 2.40 bits per heavy atom. The van der Waals surface area contributed by atoms with Crippen molar-refractivity contribution >= 4 is 11.6 Å². The number of amides is 1. The van der Waals surface area contributed by atoms with Crippen LogP contribution in [0, 0.1) is 0 Å². The second kappa shape index (κ2) is 11.1. The summed E-state index contributed by atoms with van der Waals surface area (Å²) in [4.78, 5) is 19.7. The lowest BCUT2D eigenvalue weighted by molar-refractivity contribution is 0.0643. The van der Waals surface area contributed by atoms with E-state index in [1.807, 2.05) is 34.0 Å². The van der Waals surface area contributed by atoms with E-state index in [1.54, 1.807) is 6.20 Å². The molecule has 3 aromatic rings. The molecule has 1 aromatic heterocycles. The maximum atomic E-state index is 12.9. The molecular weight excluding hydrogens is 436 g/mol. The minimum absolute atomic E-state index is 0.159. The number of hydrogen-bond acceptors (Lipinski definition) is 5. The van der Waals surface area contributed by atoms with Gasteiger partial charge in [0.25, 0.3) is 5.91 Å². The number of carbonyl (C=O) groups excluding carboxylic acids is 1. The highest BCUT2D eigenvalue weighted by Crippen LogP contribution is 2.22. The lowest BCUT2D eigenvalue weighted by Gasteiger charge is -2.35. The lowest BCUT2D eigenvalue weighted by atomic mass is 10.0. The van der Waals surface area contributed by atoms with Gasteiger partial charge >= 0.3 is 0 Å². The van der Waals surface area contributed by atoms with Gasteiger partial charge in [-0.2, -0.15) is 5.10 Å². The summed E-state index contributed by atoms with van der Waals surface area (Å²) in [7, 11) is 0. The smallest absolute Gasteiger partial charge is 0.253 e. The summed E-state index contributed by atoms with van der Waals surface area (Å²) in [6, 6.07) is 19.2. The first kappa shape index (κ1) is 23.6. The highest BCUT2D eigenvalue weighted by molar-refractivity contribution is 5.94. The number of anilines is 1. The first-order chi connectivity index (χ1) is 17.2. The fourth-order valence-electron chi connectivity index (χ4n) is 5.10. The Labute approximate surface area is 208 Å². The molecular formula is C28H36N6O. The average molecular weight is 473 g/mol. The van der Waals surface area contributed by atoms with E-state index in [-0.39, 0.29) is 5.91 Å². The quantitative estimate of drug-likeness (QED) is 0.571. The van der Waals surface area contributed by atoms with Gasteiger partial charge in [-0.3, -0.25) is 4.79 Å². The van der Waals surface area contributed by atoms with Crippen molar-refractivity contribution in [3.63, 3.8) is 0 Å². The van der Waals surface area contributed by atoms with Gasteiger partial charge in [-0.1, -0.05) is 19.1 Å². The van der Waals surface area contributed by atoms with Crippen LogP contribution in [0.1, 0.15) is 35.7 Å². The molecule has 184 valence electrons. The first-order valence-electron chi connectivity index (χ1n) is 12.9. The number of carbonyl (C=O) groups is 1. The number of hydrogen-bond donors (Lipinski definition) is 1. The summed E-state index contributed by atoms with van der Waals surface area (Å²) in [6.45, 7) is 9.74. The minimum Gasteiger partial charge on any atom is -0.371 e. The predicted molar refractivity (Wildman–Crippen MR) is 140 cm³/mol. The highest BCUT2D eigenvalue weighted by atomic mass is 16.2. The highest BCUT2D eigenvalue weighted by Gasteiger charge is 2.22. The standard InChI is InChI=1S/C28H36N6O/c1-2-31-17-19-33(20-18-31)28(35)24-7-9-26(10-8-24)32-15-11-25(12-16-32)29-22-23-5-3-6-27(21-23)34-14-4-13-30-34/h3-10,13-14,21,25,29H,2,11-12,15-20,22H2,1H3. The molecule has 0 bridgehead atoms. The maximum absolute atomic E-state index is 12.9. The monoisotopic (exact) mass is 472 g/mol. The number of aromatic nitrogens is 2. The molecule has 3 heterocycles. The molecule has 1 amide bonds. The van der Waals surface area contributed by atoms with Crippen LogP contribution in [0.25, 0.3) is 5.69 Å². The maximum Gasteiger partial charge on any atom is 0.253 e. The van der Waals surface area contributed by atoms with Gasteiger partial charge in [-0.15, -0.1) is 0 Å². The zero-order valence-electron chi connectivity index (χ0n) is 20.6. The van der Waals surface area contributed by atoms with Crippen molar-refractivity contribution in [1.29, 1.82) is 0 Å². The van der Waals surface area contributed by atoms with Crippen molar-refractivity contribution < 1.29 is 4.79 Å². The number of nitrogens with one attached hydrogen (secondary N) is 1. The van der Waals surface area contributed by atoms with E-state index < -0.39 is 0 Å². The van der Waals surface area contributed by atoms with Crippen LogP contribution in [-0.4, -0.2) is 77.3 Å². The number of piperidine rings is 1. The molecule has 35 heavy (non-hydrogen) atoms. The molecule has 5 rings (SSSR count). The van der Waals surface area contributed by atoms with Crippen molar-refractivity contribution in [2.24, 2.45) is 0 Å². The molecule has 2 aliphatic rings. The summed E-state index contributed by atoms with van der Waals surface area (Å²) in [5.74, 6) is 0.159. The Hall–Kier alpha value is -3.16. The van der Waals surface area contributed by atoms with Crippen LogP contribution in [0.15, 0.2) is 67.0 Å². The topological polar surface area (TPSA) is 56.6 Å². The van der Waals surface area contributed by atoms with Gasteiger partial charge in [0.05, 0.1) is 5.69 Å². The van der Waals surface area contributed by atoms with E-state index in [4.69, 9.17) is 0 Å². The van der Waals surface area contributed by atoms with E-state index in [2.05, 4.69) is 63.5 Å². The second-order valence-corrected chi connectivity index (χ2v) is 9.54. The fourth-order valence-corrected chi connectivity index (χ4v) is 5.10. The van der Waals surface area contributed by atoms with E-state index in [0.29, 0.717) is 6.04 Å². The second-order valence-electron chi connectivity index (χ2n) is 9.54. The third-order valence-corrected chi connectivity index (χ3v) is 7.36. The van der Waals surface area contributed by atoms with Gasteiger partial charge in [0.15, 0.2) is 0 Å². The third-order valence-electron chi connectivity index (χ3n) is 7.36. The molecule has 2 aromatic carbocycles. The molecule has 7 nitrogen and oxygen atoms in total. The van der Waals surface area contributed by atoms with Gasteiger partial charge in [-0.05, 0) is 67.4 Å². The summed E-state index contributed by atoms with van der Waals surface area (Å²) in [5.41, 5.74) is 4.38. The van der Waals surface area contributed by atoms with Gasteiger partial charge in [0.2, 0.25) is 0 Å². The van der Waals surface area contributed by atoms with Crippen molar-refractivity contribution in [2.45, 2.75) is 32.4 Å². The van der Waals surface area contributed by atoms with Crippen LogP contribution in [0.4, 0.5) is 5.69 Å². The summed E-state index contributed by atoms with van der Waals surface area (Å²) >= 11 is 0. The molecule has 7 heteroatoms. The Bertz CT molecular complexity index is 1080. The van der Waals surface area contributed by atoms with Crippen LogP contribution < -0.4 is 10.2 Å². The zero-order chi connectivity index (χ0) is 24.0. The SMILES string of the molecule is CCN1CCN(C(=O)c2ccc(N3CCC(NCc4cccc(-n5cccn5)c4)CC3)cc2)CC1. The first-order valence-corrected chi connectivity index (χ1v) is 12.9. The van der Waals surface area contributed by atoms with Crippen LogP contribution in [0.5, 0.6) is 0 Å². The Balaban J connectivity index is 1.09. The normalized spacial score (nSPS) is 17.6. The molecule has 0 unspecified atom stereocenters. The van der Waals surface area contributed by atoms with Crippen LogP contribution in [-0.2, 0) is 6.54 Å². The fraction of sp³-hybridized carbons (Fsp3) is 0.429. The average Bonchev–Trinajstić information content (AvgIpc) is 3.48. The number of benzene rings is 2. The Morgan fingerprint density at radius 2 is 1.71 bits per heavy atom. The zero-order valence-corrected chi connectivity index (χ0v) is 20.6. The van der Waals surface area contributed by atoms with Crippen molar-refractivity contribution in [3.8, 4) is 5.69 Å². The van der Waals surface area contributed by atoms with Gasteiger partial charge in [0, 0.05) is 75.5 Å². The molecule has 1 N–H and O–H groups in total. The Kier molecular flexibility index (Phi) is 7.45. The largest absolute Gasteiger partial charge is 0.371 e. The number of rotatable bonds is 7. The van der Waals surface area contributed by atoms with E-state index >= 15 is 0 Å². The minimum atomic E-state index is 0.159. The van der Waals surface area contributed by atoms with Crippen LogP contribution >= 0.6 is 0 Å². The Morgan fingerprint density at radius 1 is 0.943 bits per heavy atom. The van der Waals surface area contributed by atoms with Crippen molar-refractivity contribution in [1.82, 2.24) is 24.9 Å². The van der Waals surface area contributed by atoms with Crippen LogP contribution in [0.2, 0.25) is 0 Å². The van der Waals surface area contributed by atoms with E-state index in [9.17, 15) is 4.79 Å². The van der Waals surface area contributed by atoms with E-state index in [0.717, 1.165) is 76.5 Å². The molecule has 0 spiro atoms. The molecule has 0 atom stereocenters. The van der Waals surface area contributed by atoms with Gasteiger partial charge < -0.3 is 20.0 Å².